The molecule has 0 spiro atoms. The van der Waals surface area contributed by atoms with E-state index in [1.807, 2.05) is 6.07 Å². The van der Waals surface area contributed by atoms with Gasteiger partial charge in [0.05, 0.1) is 6.26 Å². The standard InChI is InChI=1S/C16H27NO/c1-12-9-13(2)11-14(10-12)16(17-3)7-6-15-5-4-8-18-15/h4-5,8,12-14,16-17H,6-7,9-11H2,1-3H3. The van der Waals surface area contributed by atoms with Crippen molar-refractivity contribution in [2.75, 3.05) is 7.05 Å². The monoisotopic (exact) mass is 249 g/mol. The Balaban J connectivity index is 1.87. The van der Waals surface area contributed by atoms with Gasteiger partial charge < -0.3 is 9.73 Å². The number of hydrogen-bond acceptors (Lipinski definition) is 2. The molecule has 3 atom stereocenters. The Hall–Kier alpha value is -0.760. The van der Waals surface area contributed by atoms with E-state index in [1.165, 1.54) is 25.7 Å². The Morgan fingerprint density at radius 1 is 1.28 bits per heavy atom. The molecular weight excluding hydrogens is 222 g/mol. The molecule has 0 bridgehead atoms. The van der Waals surface area contributed by atoms with Crippen molar-refractivity contribution in [1.82, 2.24) is 5.32 Å². The van der Waals surface area contributed by atoms with Crippen molar-refractivity contribution in [2.45, 2.75) is 52.0 Å². The van der Waals surface area contributed by atoms with Gasteiger partial charge in [-0.25, -0.2) is 0 Å². The topological polar surface area (TPSA) is 25.2 Å². The fourth-order valence-electron chi connectivity index (χ4n) is 3.71. The molecule has 1 aromatic heterocycles. The van der Waals surface area contributed by atoms with Crippen LogP contribution in [0.3, 0.4) is 0 Å². The van der Waals surface area contributed by atoms with E-state index >= 15 is 0 Å². The highest BCUT2D eigenvalue weighted by Crippen LogP contribution is 2.35. The van der Waals surface area contributed by atoms with Crippen LogP contribution in [-0.4, -0.2) is 13.1 Å². The first-order chi connectivity index (χ1) is 8.69. The Morgan fingerprint density at radius 3 is 2.56 bits per heavy atom. The van der Waals surface area contributed by atoms with E-state index in [2.05, 4.69) is 32.3 Å². The average molecular weight is 249 g/mol. The van der Waals surface area contributed by atoms with Gasteiger partial charge in [0.15, 0.2) is 0 Å². The molecule has 102 valence electrons. The largest absolute Gasteiger partial charge is 0.469 e. The molecule has 1 aliphatic rings. The second-order valence-corrected chi connectivity index (χ2v) is 6.19. The normalized spacial score (nSPS) is 30.3. The van der Waals surface area contributed by atoms with Crippen LogP contribution in [0.1, 0.15) is 45.3 Å². The van der Waals surface area contributed by atoms with Crippen LogP contribution in [-0.2, 0) is 6.42 Å². The van der Waals surface area contributed by atoms with Crippen molar-refractivity contribution in [3.8, 4) is 0 Å². The van der Waals surface area contributed by atoms with Gasteiger partial charge in [-0.05, 0) is 62.6 Å². The maximum Gasteiger partial charge on any atom is 0.103 e. The Labute approximate surface area is 111 Å². The third-order valence-corrected chi connectivity index (χ3v) is 4.44. The van der Waals surface area contributed by atoms with Gasteiger partial charge in [-0.1, -0.05) is 13.8 Å². The maximum atomic E-state index is 5.43. The lowest BCUT2D eigenvalue weighted by atomic mass is 9.73. The molecule has 0 amide bonds. The summed E-state index contributed by atoms with van der Waals surface area (Å²) < 4.78 is 5.43. The van der Waals surface area contributed by atoms with Gasteiger partial charge in [-0.3, -0.25) is 0 Å². The first-order valence-electron chi connectivity index (χ1n) is 7.38. The minimum Gasteiger partial charge on any atom is -0.469 e. The number of nitrogens with one attached hydrogen (secondary N) is 1. The minimum absolute atomic E-state index is 0.639. The van der Waals surface area contributed by atoms with Crippen LogP contribution in [0, 0.1) is 17.8 Å². The van der Waals surface area contributed by atoms with E-state index < -0.39 is 0 Å². The van der Waals surface area contributed by atoms with E-state index in [-0.39, 0.29) is 0 Å². The molecule has 0 aromatic carbocycles. The lowest BCUT2D eigenvalue weighted by Crippen LogP contribution is -2.38. The third kappa shape index (κ3) is 3.61. The molecule has 2 rings (SSSR count). The van der Waals surface area contributed by atoms with Crippen LogP contribution in [0.25, 0.3) is 0 Å². The zero-order valence-electron chi connectivity index (χ0n) is 12.0. The highest BCUT2D eigenvalue weighted by Gasteiger charge is 2.29. The van der Waals surface area contributed by atoms with E-state index in [0.29, 0.717) is 6.04 Å². The molecule has 1 N–H and O–H groups in total. The summed E-state index contributed by atoms with van der Waals surface area (Å²) in [5, 5.41) is 3.53. The molecule has 2 heteroatoms. The third-order valence-electron chi connectivity index (χ3n) is 4.44. The predicted molar refractivity (Wildman–Crippen MR) is 75.5 cm³/mol. The molecular formula is C16H27NO. The number of aryl methyl sites for hydroxylation is 1. The average Bonchev–Trinajstić information content (AvgIpc) is 2.81. The van der Waals surface area contributed by atoms with E-state index in [0.717, 1.165) is 29.9 Å². The molecule has 0 aliphatic heterocycles. The Morgan fingerprint density at radius 2 is 2.00 bits per heavy atom. The second kappa shape index (κ2) is 6.42. The zero-order chi connectivity index (χ0) is 13.0. The summed E-state index contributed by atoms with van der Waals surface area (Å²) in [5.74, 6) is 3.73. The smallest absolute Gasteiger partial charge is 0.103 e. The van der Waals surface area contributed by atoms with Crippen molar-refractivity contribution in [2.24, 2.45) is 17.8 Å². The molecule has 1 heterocycles. The highest BCUT2D eigenvalue weighted by atomic mass is 16.3. The first-order valence-corrected chi connectivity index (χ1v) is 7.38. The van der Waals surface area contributed by atoms with E-state index in [4.69, 9.17) is 4.42 Å². The van der Waals surface area contributed by atoms with Gasteiger partial charge in [0.2, 0.25) is 0 Å². The second-order valence-electron chi connectivity index (χ2n) is 6.19. The fraction of sp³-hybridized carbons (Fsp3) is 0.750. The minimum atomic E-state index is 0.639. The SMILES string of the molecule is CNC(CCc1ccco1)C1CC(C)CC(C)C1. The van der Waals surface area contributed by atoms with Crippen LogP contribution in [0.4, 0.5) is 0 Å². The molecule has 0 radical (unpaired) electrons. The summed E-state index contributed by atoms with van der Waals surface area (Å²) in [6, 6.07) is 4.70. The molecule has 1 fully saturated rings. The van der Waals surface area contributed by atoms with Gasteiger partial charge in [0.25, 0.3) is 0 Å². The molecule has 1 aromatic rings. The summed E-state index contributed by atoms with van der Waals surface area (Å²) in [5.41, 5.74) is 0. The van der Waals surface area contributed by atoms with Crippen molar-refractivity contribution in [3.05, 3.63) is 24.2 Å². The summed E-state index contributed by atoms with van der Waals surface area (Å²) in [7, 11) is 2.11. The summed E-state index contributed by atoms with van der Waals surface area (Å²) in [6.07, 6.45) is 8.19. The van der Waals surface area contributed by atoms with Crippen LogP contribution < -0.4 is 5.32 Å². The van der Waals surface area contributed by atoms with Gasteiger partial charge in [-0.2, -0.15) is 0 Å². The fourth-order valence-corrected chi connectivity index (χ4v) is 3.71. The quantitative estimate of drug-likeness (QED) is 0.857. The maximum absolute atomic E-state index is 5.43. The zero-order valence-corrected chi connectivity index (χ0v) is 12.0. The number of hydrogen-bond donors (Lipinski definition) is 1. The molecule has 3 unspecified atom stereocenters. The molecule has 2 nitrogen and oxygen atoms in total. The molecule has 1 aliphatic carbocycles. The van der Waals surface area contributed by atoms with Crippen molar-refractivity contribution in [3.63, 3.8) is 0 Å². The Bertz CT molecular complexity index is 323. The molecule has 18 heavy (non-hydrogen) atoms. The van der Waals surface area contributed by atoms with E-state index in [1.54, 1.807) is 6.26 Å². The number of furan rings is 1. The van der Waals surface area contributed by atoms with Crippen LogP contribution in [0.5, 0.6) is 0 Å². The van der Waals surface area contributed by atoms with Gasteiger partial charge in [0.1, 0.15) is 5.76 Å². The summed E-state index contributed by atoms with van der Waals surface area (Å²) in [6.45, 7) is 4.81. The van der Waals surface area contributed by atoms with Crippen LogP contribution in [0.2, 0.25) is 0 Å². The lowest BCUT2D eigenvalue weighted by molar-refractivity contribution is 0.174. The summed E-state index contributed by atoms with van der Waals surface area (Å²) in [4.78, 5) is 0. The van der Waals surface area contributed by atoms with Crippen LogP contribution in [0.15, 0.2) is 22.8 Å². The van der Waals surface area contributed by atoms with Gasteiger partial charge in [0, 0.05) is 12.5 Å². The van der Waals surface area contributed by atoms with Crippen molar-refractivity contribution >= 4 is 0 Å². The molecule has 0 saturated heterocycles. The van der Waals surface area contributed by atoms with Gasteiger partial charge in [-0.15, -0.1) is 0 Å². The Kier molecular flexibility index (Phi) is 4.87. The number of rotatable bonds is 5. The lowest BCUT2D eigenvalue weighted by Gasteiger charge is -2.36. The van der Waals surface area contributed by atoms with Gasteiger partial charge >= 0.3 is 0 Å². The first kappa shape index (κ1) is 13.7. The van der Waals surface area contributed by atoms with Crippen molar-refractivity contribution < 1.29 is 4.42 Å². The highest BCUT2D eigenvalue weighted by molar-refractivity contribution is 4.99. The summed E-state index contributed by atoms with van der Waals surface area (Å²) >= 11 is 0. The predicted octanol–water partition coefficient (Wildman–Crippen LogP) is 3.87. The van der Waals surface area contributed by atoms with Crippen molar-refractivity contribution in [1.29, 1.82) is 0 Å². The van der Waals surface area contributed by atoms with Crippen LogP contribution >= 0.6 is 0 Å². The van der Waals surface area contributed by atoms with E-state index in [9.17, 15) is 0 Å². The molecule has 1 saturated carbocycles.